The van der Waals surface area contributed by atoms with Crippen LogP contribution in [0, 0.1) is 0 Å². The van der Waals surface area contributed by atoms with Crippen molar-refractivity contribution in [3.05, 3.63) is 34.9 Å². The molecular formula is C14H23ClIN3. The summed E-state index contributed by atoms with van der Waals surface area (Å²) in [5.41, 5.74) is 1.11. The van der Waals surface area contributed by atoms with E-state index in [4.69, 9.17) is 11.6 Å². The van der Waals surface area contributed by atoms with E-state index < -0.39 is 0 Å². The number of nitrogens with zero attached hydrogens (tertiary/aromatic N) is 2. The lowest BCUT2D eigenvalue weighted by molar-refractivity contribution is 0.475. The molecule has 0 aromatic heterocycles. The van der Waals surface area contributed by atoms with E-state index in [0.29, 0.717) is 0 Å². The maximum atomic E-state index is 6.16. The molecule has 0 aliphatic rings. The van der Waals surface area contributed by atoms with Crippen LogP contribution in [0.4, 0.5) is 0 Å². The minimum absolute atomic E-state index is 0. The Balaban J connectivity index is 0.00000324. The number of guanidine groups is 1. The number of nitrogens with one attached hydrogen (secondary N) is 1. The first-order chi connectivity index (χ1) is 8.69. The van der Waals surface area contributed by atoms with Gasteiger partial charge in [-0.2, -0.15) is 0 Å². The molecule has 0 saturated heterocycles. The van der Waals surface area contributed by atoms with Gasteiger partial charge in [-0.05, 0) is 18.1 Å². The molecule has 0 saturated carbocycles. The van der Waals surface area contributed by atoms with Crippen molar-refractivity contribution < 1.29 is 0 Å². The van der Waals surface area contributed by atoms with Crippen LogP contribution in [0.1, 0.15) is 25.3 Å². The number of rotatable bonds is 5. The lowest BCUT2D eigenvalue weighted by Gasteiger charge is -2.22. The fourth-order valence-corrected chi connectivity index (χ4v) is 1.91. The van der Waals surface area contributed by atoms with E-state index in [0.717, 1.165) is 36.1 Å². The van der Waals surface area contributed by atoms with E-state index >= 15 is 0 Å². The Morgan fingerprint density at radius 1 is 1.37 bits per heavy atom. The van der Waals surface area contributed by atoms with Crippen LogP contribution in [0.25, 0.3) is 0 Å². The Bertz CT molecular complexity index is 396. The SMILES string of the molecule is CCCCNC(=NC)N(C)Cc1ccccc1Cl.I. The maximum Gasteiger partial charge on any atom is 0.193 e. The van der Waals surface area contributed by atoms with Crippen LogP contribution >= 0.6 is 35.6 Å². The predicted molar refractivity (Wildman–Crippen MR) is 94.6 cm³/mol. The number of hydrogen-bond donors (Lipinski definition) is 1. The monoisotopic (exact) mass is 395 g/mol. The van der Waals surface area contributed by atoms with E-state index in [9.17, 15) is 0 Å². The Labute approximate surface area is 138 Å². The summed E-state index contributed by atoms with van der Waals surface area (Å²) in [5.74, 6) is 0.906. The summed E-state index contributed by atoms with van der Waals surface area (Å²) in [6.45, 7) is 3.89. The van der Waals surface area contributed by atoms with E-state index in [2.05, 4.69) is 22.1 Å². The van der Waals surface area contributed by atoms with Gasteiger partial charge in [0, 0.05) is 32.2 Å². The highest BCUT2D eigenvalue weighted by molar-refractivity contribution is 14.0. The van der Waals surface area contributed by atoms with Gasteiger partial charge in [0.25, 0.3) is 0 Å². The smallest absolute Gasteiger partial charge is 0.193 e. The first kappa shape index (κ1) is 18.5. The second kappa shape index (κ2) is 10.3. The molecule has 5 heteroatoms. The van der Waals surface area contributed by atoms with Gasteiger partial charge < -0.3 is 10.2 Å². The lowest BCUT2D eigenvalue weighted by Crippen LogP contribution is -2.38. The Morgan fingerprint density at radius 3 is 2.63 bits per heavy atom. The van der Waals surface area contributed by atoms with Crippen LogP contribution in [0.2, 0.25) is 5.02 Å². The quantitative estimate of drug-likeness (QED) is 0.356. The minimum Gasteiger partial charge on any atom is -0.356 e. The van der Waals surface area contributed by atoms with Crippen molar-refractivity contribution in [1.82, 2.24) is 10.2 Å². The van der Waals surface area contributed by atoms with Crippen molar-refractivity contribution in [1.29, 1.82) is 0 Å². The van der Waals surface area contributed by atoms with Crippen molar-refractivity contribution in [3.63, 3.8) is 0 Å². The molecule has 0 aliphatic carbocycles. The Hall–Kier alpha value is -0.490. The molecule has 0 bridgehead atoms. The molecule has 0 radical (unpaired) electrons. The molecule has 0 spiro atoms. The molecule has 1 rings (SSSR count). The summed E-state index contributed by atoms with van der Waals surface area (Å²) in [4.78, 5) is 6.35. The molecule has 1 aromatic rings. The molecule has 0 amide bonds. The van der Waals surface area contributed by atoms with Gasteiger partial charge in [0.2, 0.25) is 0 Å². The van der Waals surface area contributed by atoms with Crippen LogP contribution in [0.5, 0.6) is 0 Å². The fraction of sp³-hybridized carbons (Fsp3) is 0.500. The van der Waals surface area contributed by atoms with E-state index in [1.165, 1.54) is 6.42 Å². The summed E-state index contributed by atoms with van der Waals surface area (Å²) in [6, 6.07) is 7.90. The van der Waals surface area contributed by atoms with Crippen molar-refractivity contribution in [2.75, 3.05) is 20.6 Å². The highest BCUT2D eigenvalue weighted by atomic mass is 127. The molecule has 19 heavy (non-hydrogen) atoms. The van der Waals surface area contributed by atoms with Crippen molar-refractivity contribution in [2.24, 2.45) is 4.99 Å². The zero-order valence-corrected chi connectivity index (χ0v) is 14.9. The molecule has 0 aliphatic heterocycles. The first-order valence-electron chi connectivity index (χ1n) is 6.34. The van der Waals surface area contributed by atoms with Crippen LogP contribution < -0.4 is 5.32 Å². The average Bonchev–Trinajstić information content (AvgIpc) is 2.37. The van der Waals surface area contributed by atoms with Gasteiger partial charge in [-0.25, -0.2) is 0 Å². The fourth-order valence-electron chi connectivity index (χ4n) is 1.72. The molecule has 1 N–H and O–H groups in total. The van der Waals surface area contributed by atoms with Crippen molar-refractivity contribution in [3.8, 4) is 0 Å². The molecule has 0 fully saturated rings. The van der Waals surface area contributed by atoms with Gasteiger partial charge in [0.1, 0.15) is 0 Å². The molecular weight excluding hydrogens is 373 g/mol. The molecule has 3 nitrogen and oxygen atoms in total. The van der Waals surface area contributed by atoms with E-state index in [-0.39, 0.29) is 24.0 Å². The standard InChI is InChI=1S/C14H22ClN3.HI/c1-4-5-10-17-14(16-2)18(3)11-12-8-6-7-9-13(12)15;/h6-9H,4-5,10-11H2,1-3H3,(H,16,17);1H. The van der Waals surface area contributed by atoms with Crippen LogP contribution in [-0.4, -0.2) is 31.5 Å². The maximum absolute atomic E-state index is 6.16. The number of aliphatic imine (C=N–C) groups is 1. The number of benzene rings is 1. The van der Waals surface area contributed by atoms with Gasteiger partial charge in [0.05, 0.1) is 0 Å². The second-order valence-corrected chi connectivity index (χ2v) is 4.68. The minimum atomic E-state index is 0. The number of unbranched alkanes of at least 4 members (excludes halogenated alkanes) is 1. The molecule has 1 aromatic carbocycles. The third-order valence-electron chi connectivity index (χ3n) is 2.75. The molecule has 0 unspecified atom stereocenters. The first-order valence-corrected chi connectivity index (χ1v) is 6.72. The third-order valence-corrected chi connectivity index (χ3v) is 3.12. The van der Waals surface area contributed by atoms with Gasteiger partial charge in [-0.3, -0.25) is 4.99 Å². The zero-order valence-electron chi connectivity index (χ0n) is 11.8. The predicted octanol–water partition coefficient (Wildman–Crippen LogP) is 3.77. The summed E-state index contributed by atoms with van der Waals surface area (Å²) < 4.78 is 0. The zero-order chi connectivity index (χ0) is 13.4. The van der Waals surface area contributed by atoms with Gasteiger partial charge in [-0.1, -0.05) is 43.1 Å². The highest BCUT2D eigenvalue weighted by Gasteiger charge is 2.07. The van der Waals surface area contributed by atoms with Crippen LogP contribution in [0.15, 0.2) is 29.3 Å². The number of halogens is 2. The summed E-state index contributed by atoms with van der Waals surface area (Å²) >= 11 is 6.16. The van der Waals surface area contributed by atoms with Crippen molar-refractivity contribution >= 4 is 41.5 Å². The van der Waals surface area contributed by atoms with Gasteiger partial charge in [-0.15, -0.1) is 24.0 Å². The Morgan fingerprint density at radius 2 is 2.05 bits per heavy atom. The van der Waals surface area contributed by atoms with Crippen LogP contribution in [0.3, 0.4) is 0 Å². The van der Waals surface area contributed by atoms with Gasteiger partial charge in [0.15, 0.2) is 5.96 Å². The largest absolute Gasteiger partial charge is 0.356 e. The summed E-state index contributed by atoms with van der Waals surface area (Å²) in [6.07, 6.45) is 2.33. The third kappa shape index (κ3) is 6.47. The second-order valence-electron chi connectivity index (χ2n) is 4.28. The average molecular weight is 396 g/mol. The van der Waals surface area contributed by atoms with Crippen molar-refractivity contribution in [2.45, 2.75) is 26.3 Å². The van der Waals surface area contributed by atoms with E-state index in [1.54, 1.807) is 7.05 Å². The lowest BCUT2D eigenvalue weighted by atomic mass is 10.2. The highest BCUT2D eigenvalue weighted by Crippen LogP contribution is 2.16. The van der Waals surface area contributed by atoms with E-state index in [1.807, 2.05) is 31.3 Å². The molecule has 0 atom stereocenters. The van der Waals surface area contributed by atoms with Gasteiger partial charge >= 0.3 is 0 Å². The summed E-state index contributed by atoms with van der Waals surface area (Å²) in [5, 5.41) is 4.14. The topological polar surface area (TPSA) is 27.6 Å². The normalized spacial score (nSPS) is 10.8. The molecule has 108 valence electrons. The Kier molecular flexibility index (Phi) is 10.0. The number of hydrogen-bond acceptors (Lipinski definition) is 1. The molecule has 0 heterocycles. The summed E-state index contributed by atoms with van der Waals surface area (Å²) in [7, 11) is 3.82. The van der Waals surface area contributed by atoms with Crippen LogP contribution in [-0.2, 0) is 6.54 Å².